The van der Waals surface area contributed by atoms with E-state index in [1.165, 1.54) is 22.5 Å². The largest absolute Gasteiger partial charge is 0.484 e. The van der Waals surface area contributed by atoms with Gasteiger partial charge in [-0.1, -0.05) is 47.7 Å². The van der Waals surface area contributed by atoms with Crippen LogP contribution in [0.25, 0.3) is 21.0 Å². The highest BCUT2D eigenvalue weighted by molar-refractivity contribution is 7.16. The number of aryl methyl sites for hydroxylation is 2. The number of carbonyl (C=O) groups excluding carboxylic acids is 1. The average Bonchev–Trinajstić information content (AvgIpc) is 3.03. The molecule has 0 fully saturated rings. The van der Waals surface area contributed by atoms with E-state index in [0.29, 0.717) is 17.1 Å². The molecule has 0 spiro atoms. The molecule has 0 aliphatic heterocycles. The van der Waals surface area contributed by atoms with E-state index in [1.54, 1.807) is 0 Å². The van der Waals surface area contributed by atoms with Gasteiger partial charge in [0, 0.05) is 6.54 Å². The van der Waals surface area contributed by atoms with Crippen LogP contribution in [0.4, 0.5) is 0 Å². The molecule has 0 radical (unpaired) electrons. The fourth-order valence-corrected chi connectivity index (χ4v) is 4.39. The van der Waals surface area contributed by atoms with Gasteiger partial charge >= 0.3 is 0 Å². The fourth-order valence-electron chi connectivity index (χ4n) is 3.25. The lowest BCUT2D eigenvalue weighted by Gasteiger charge is -2.05. The van der Waals surface area contributed by atoms with E-state index in [1.807, 2.05) is 53.1 Å². The molecule has 4 nitrogen and oxygen atoms in total. The lowest BCUT2D eigenvalue weighted by Crippen LogP contribution is -2.19. The maximum Gasteiger partial charge on any atom is 0.286 e. The van der Waals surface area contributed by atoms with Crippen LogP contribution < -0.4 is 9.54 Å². The third-order valence-electron chi connectivity index (χ3n) is 4.91. The van der Waals surface area contributed by atoms with Gasteiger partial charge in [0.05, 0.1) is 10.2 Å². The second-order valence-corrected chi connectivity index (χ2v) is 8.00. The third kappa shape index (κ3) is 4.00. The van der Waals surface area contributed by atoms with Crippen molar-refractivity contribution in [2.45, 2.75) is 20.4 Å². The third-order valence-corrected chi connectivity index (χ3v) is 5.95. The molecule has 0 unspecified atom stereocenters. The fraction of sp³-hybridized carbons (Fsp3) is 0.167. The van der Waals surface area contributed by atoms with Gasteiger partial charge in [-0.25, -0.2) is 0 Å². The van der Waals surface area contributed by atoms with Crippen LogP contribution in [0.3, 0.4) is 0 Å². The van der Waals surface area contributed by atoms with E-state index in [-0.39, 0.29) is 12.5 Å². The second kappa shape index (κ2) is 8.05. The van der Waals surface area contributed by atoms with E-state index in [9.17, 15) is 4.79 Å². The Bertz CT molecular complexity index is 1300. The number of aromatic nitrogens is 1. The van der Waals surface area contributed by atoms with Gasteiger partial charge in [-0.3, -0.25) is 4.79 Å². The van der Waals surface area contributed by atoms with Crippen LogP contribution in [0, 0.1) is 13.8 Å². The molecule has 4 rings (SSSR count). The predicted octanol–water partition coefficient (Wildman–Crippen LogP) is 5.17. The summed E-state index contributed by atoms with van der Waals surface area (Å²) in [6.07, 6.45) is 1.82. The van der Waals surface area contributed by atoms with E-state index in [4.69, 9.17) is 4.74 Å². The number of thiazole rings is 1. The SMILES string of the molecule is C=CCn1c(=NC(=O)COc2ccc3ccccc3c2)sc2cc(C)c(C)cc21. The molecule has 0 aliphatic rings. The van der Waals surface area contributed by atoms with Crippen LogP contribution in [0.2, 0.25) is 0 Å². The number of rotatable bonds is 5. The summed E-state index contributed by atoms with van der Waals surface area (Å²) in [5, 5.41) is 2.21. The van der Waals surface area contributed by atoms with Gasteiger partial charge in [0.15, 0.2) is 11.4 Å². The highest BCUT2D eigenvalue weighted by atomic mass is 32.1. The van der Waals surface area contributed by atoms with E-state index in [2.05, 4.69) is 37.6 Å². The lowest BCUT2D eigenvalue weighted by molar-refractivity contribution is -0.120. The van der Waals surface area contributed by atoms with Crippen molar-refractivity contribution in [2.24, 2.45) is 4.99 Å². The molecule has 1 heterocycles. The van der Waals surface area contributed by atoms with Crippen molar-refractivity contribution in [3.05, 3.63) is 83.2 Å². The monoisotopic (exact) mass is 402 g/mol. The smallest absolute Gasteiger partial charge is 0.286 e. The van der Waals surface area contributed by atoms with Crippen molar-refractivity contribution in [3.8, 4) is 5.75 Å². The standard InChI is InChI=1S/C24H22N2O2S/c1-4-11-26-21-12-16(2)17(3)13-22(21)29-24(26)25-23(27)15-28-20-10-9-18-7-5-6-8-19(18)14-20/h4-10,12-14H,1,11,15H2,2-3H3. The zero-order valence-corrected chi connectivity index (χ0v) is 17.3. The minimum Gasteiger partial charge on any atom is -0.484 e. The van der Waals surface area contributed by atoms with Crippen molar-refractivity contribution in [2.75, 3.05) is 6.61 Å². The summed E-state index contributed by atoms with van der Waals surface area (Å²) < 4.78 is 8.82. The molecule has 4 aromatic rings. The number of hydrogen-bond donors (Lipinski definition) is 0. The molecule has 5 heteroatoms. The molecule has 29 heavy (non-hydrogen) atoms. The predicted molar refractivity (Wildman–Crippen MR) is 119 cm³/mol. The Morgan fingerprint density at radius 3 is 2.66 bits per heavy atom. The van der Waals surface area contributed by atoms with Crippen molar-refractivity contribution in [3.63, 3.8) is 0 Å². The molecular weight excluding hydrogens is 380 g/mol. The number of ether oxygens (including phenoxy) is 1. The quantitative estimate of drug-likeness (QED) is 0.433. The van der Waals surface area contributed by atoms with E-state index < -0.39 is 0 Å². The van der Waals surface area contributed by atoms with Crippen molar-refractivity contribution in [1.29, 1.82) is 0 Å². The Hall–Kier alpha value is -3.18. The number of nitrogens with zero attached hydrogens (tertiary/aromatic N) is 2. The van der Waals surface area contributed by atoms with Crippen LogP contribution in [0.5, 0.6) is 5.75 Å². The number of allylic oxidation sites excluding steroid dienone is 1. The highest BCUT2D eigenvalue weighted by Crippen LogP contribution is 2.22. The molecule has 0 aliphatic carbocycles. The van der Waals surface area contributed by atoms with E-state index >= 15 is 0 Å². The number of hydrogen-bond acceptors (Lipinski definition) is 3. The number of benzene rings is 3. The zero-order chi connectivity index (χ0) is 20.4. The topological polar surface area (TPSA) is 43.6 Å². The molecule has 0 N–H and O–H groups in total. The number of carbonyl (C=O) groups is 1. The van der Waals surface area contributed by atoms with Gasteiger partial charge in [0.25, 0.3) is 5.91 Å². The Morgan fingerprint density at radius 2 is 1.86 bits per heavy atom. The highest BCUT2D eigenvalue weighted by Gasteiger charge is 2.09. The molecular formula is C24H22N2O2S. The zero-order valence-electron chi connectivity index (χ0n) is 16.5. The van der Waals surface area contributed by atoms with Gasteiger partial charge in [0.1, 0.15) is 5.75 Å². The number of fused-ring (bicyclic) bond motifs is 2. The van der Waals surface area contributed by atoms with Crippen LogP contribution in [-0.4, -0.2) is 17.1 Å². The molecule has 0 saturated carbocycles. The maximum absolute atomic E-state index is 12.5. The minimum atomic E-state index is -0.309. The number of amides is 1. The van der Waals surface area contributed by atoms with Crippen LogP contribution in [0.15, 0.2) is 72.2 Å². The van der Waals surface area contributed by atoms with Crippen molar-refractivity contribution in [1.82, 2.24) is 4.57 Å². The summed E-state index contributed by atoms with van der Waals surface area (Å²) in [5.74, 6) is 0.352. The first-order valence-electron chi connectivity index (χ1n) is 9.46. The molecule has 0 bridgehead atoms. The molecule has 1 aromatic heterocycles. The van der Waals surface area contributed by atoms with Gasteiger partial charge in [-0.15, -0.1) is 6.58 Å². The van der Waals surface area contributed by atoms with Crippen molar-refractivity contribution >= 4 is 38.2 Å². The Kier molecular flexibility index (Phi) is 5.32. The van der Waals surface area contributed by atoms with Crippen LogP contribution in [0.1, 0.15) is 11.1 Å². The molecule has 1 amide bonds. The molecule has 0 atom stereocenters. The maximum atomic E-state index is 12.5. The summed E-state index contributed by atoms with van der Waals surface area (Å²) in [5.41, 5.74) is 3.51. The normalized spacial score (nSPS) is 11.9. The summed E-state index contributed by atoms with van der Waals surface area (Å²) in [6.45, 7) is 8.51. The first-order valence-corrected chi connectivity index (χ1v) is 10.3. The first-order chi connectivity index (χ1) is 14.0. The molecule has 146 valence electrons. The Morgan fingerprint density at radius 1 is 1.10 bits per heavy atom. The average molecular weight is 403 g/mol. The van der Waals surface area contributed by atoms with E-state index in [0.717, 1.165) is 21.0 Å². The Balaban J connectivity index is 1.60. The van der Waals surface area contributed by atoms with Gasteiger partial charge in [-0.05, 0) is 60.0 Å². The first kappa shape index (κ1) is 19.2. The second-order valence-electron chi connectivity index (χ2n) is 6.99. The van der Waals surface area contributed by atoms with Crippen LogP contribution in [-0.2, 0) is 11.3 Å². The van der Waals surface area contributed by atoms with Gasteiger partial charge in [-0.2, -0.15) is 4.99 Å². The van der Waals surface area contributed by atoms with Crippen LogP contribution >= 0.6 is 11.3 Å². The summed E-state index contributed by atoms with van der Waals surface area (Å²) in [4.78, 5) is 17.5. The molecule has 3 aromatic carbocycles. The lowest BCUT2D eigenvalue weighted by atomic mass is 10.1. The summed E-state index contributed by atoms with van der Waals surface area (Å²) >= 11 is 1.51. The van der Waals surface area contributed by atoms with Gasteiger partial charge < -0.3 is 9.30 Å². The minimum absolute atomic E-state index is 0.0985. The summed E-state index contributed by atoms with van der Waals surface area (Å²) in [7, 11) is 0. The van der Waals surface area contributed by atoms with Gasteiger partial charge in [0.2, 0.25) is 0 Å². The Labute approximate surface area is 173 Å². The van der Waals surface area contributed by atoms with Crippen molar-refractivity contribution < 1.29 is 9.53 Å². The molecule has 0 saturated heterocycles. The summed E-state index contributed by atoms with van der Waals surface area (Å²) in [6, 6.07) is 18.1.